The van der Waals surface area contributed by atoms with Gasteiger partial charge in [-0.05, 0) is 19.4 Å². The van der Waals surface area contributed by atoms with E-state index in [9.17, 15) is 0 Å². The predicted octanol–water partition coefficient (Wildman–Crippen LogP) is 1.65. The van der Waals surface area contributed by atoms with Crippen molar-refractivity contribution in [2.75, 3.05) is 26.0 Å². The third-order valence-corrected chi connectivity index (χ3v) is 3.86. The molecule has 0 radical (unpaired) electrons. The second-order valence-corrected chi connectivity index (χ2v) is 5.29. The third kappa shape index (κ3) is 3.14. The van der Waals surface area contributed by atoms with Crippen LogP contribution in [-0.2, 0) is 6.54 Å². The van der Waals surface area contributed by atoms with Gasteiger partial charge < -0.3 is 10.1 Å². The van der Waals surface area contributed by atoms with Gasteiger partial charge in [-0.2, -0.15) is 0 Å². The fourth-order valence-corrected chi connectivity index (χ4v) is 2.78. The van der Waals surface area contributed by atoms with Crippen molar-refractivity contribution in [2.45, 2.75) is 25.4 Å². The van der Waals surface area contributed by atoms with Gasteiger partial charge in [0.1, 0.15) is 5.82 Å². The fourth-order valence-electron chi connectivity index (χ4n) is 2.78. The summed E-state index contributed by atoms with van der Waals surface area (Å²) in [7, 11) is 3.42. The number of ether oxygens (including phenoxy) is 1. The van der Waals surface area contributed by atoms with E-state index in [-0.39, 0.29) is 0 Å². The molecule has 0 aliphatic carbocycles. The van der Waals surface area contributed by atoms with Crippen LogP contribution in [0.25, 0.3) is 0 Å². The lowest BCUT2D eigenvalue weighted by molar-refractivity contribution is 0.243. The predicted molar refractivity (Wildman–Crippen MR) is 82.5 cm³/mol. The number of nitrogens with zero attached hydrogens (tertiary/aromatic N) is 5. The summed E-state index contributed by atoms with van der Waals surface area (Å²) in [5.74, 6) is 0.803. The van der Waals surface area contributed by atoms with Crippen molar-refractivity contribution in [1.82, 2.24) is 24.8 Å². The zero-order valence-corrected chi connectivity index (χ0v) is 12.9. The summed E-state index contributed by atoms with van der Waals surface area (Å²) in [6, 6.07) is 0.692. The minimum absolute atomic E-state index is 0.294. The minimum Gasteiger partial charge on any atom is -0.467 e. The van der Waals surface area contributed by atoms with Crippen LogP contribution in [0.4, 0.5) is 5.82 Å². The molecule has 1 aliphatic rings. The topological polar surface area (TPSA) is 76.1 Å². The highest BCUT2D eigenvalue weighted by molar-refractivity contribution is 5.31. The first-order valence-electron chi connectivity index (χ1n) is 7.39. The summed E-state index contributed by atoms with van der Waals surface area (Å²) in [6.45, 7) is 1.85. The Kier molecular flexibility index (Phi) is 4.43. The van der Waals surface area contributed by atoms with E-state index in [1.54, 1.807) is 13.3 Å². The number of anilines is 1. The Labute approximate surface area is 129 Å². The van der Waals surface area contributed by atoms with Crippen LogP contribution in [0.15, 0.2) is 24.8 Å². The first-order valence-corrected chi connectivity index (χ1v) is 7.39. The summed E-state index contributed by atoms with van der Waals surface area (Å²) in [4.78, 5) is 19.6. The molecule has 0 saturated carbocycles. The first kappa shape index (κ1) is 14.6. The maximum Gasteiger partial charge on any atom is 0.316 e. The molecule has 1 aliphatic heterocycles. The summed E-state index contributed by atoms with van der Waals surface area (Å²) in [5, 5.41) is 3.04. The van der Waals surface area contributed by atoms with E-state index < -0.39 is 0 Å². The van der Waals surface area contributed by atoms with Gasteiger partial charge in [-0.1, -0.05) is 0 Å². The Morgan fingerprint density at radius 1 is 1.27 bits per heavy atom. The Balaban J connectivity index is 1.74. The van der Waals surface area contributed by atoms with Gasteiger partial charge in [-0.3, -0.25) is 9.88 Å². The molecular weight excluding hydrogens is 280 g/mol. The smallest absolute Gasteiger partial charge is 0.316 e. The number of likely N-dealkylation sites (tertiary alicyclic amines) is 1. The van der Waals surface area contributed by atoms with Crippen LogP contribution in [0.2, 0.25) is 0 Å². The average molecular weight is 300 g/mol. The van der Waals surface area contributed by atoms with Gasteiger partial charge in [-0.25, -0.2) is 15.0 Å². The number of hydrogen-bond donors (Lipinski definition) is 1. The van der Waals surface area contributed by atoms with E-state index in [0.717, 1.165) is 43.0 Å². The van der Waals surface area contributed by atoms with Crippen molar-refractivity contribution < 1.29 is 4.74 Å². The van der Waals surface area contributed by atoms with Crippen LogP contribution in [0.1, 0.15) is 30.1 Å². The summed E-state index contributed by atoms with van der Waals surface area (Å²) in [5.41, 5.74) is 2.09. The number of methoxy groups -OCH3 is 1. The molecule has 116 valence electrons. The molecule has 0 amide bonds. The molecule has 1 N–H and O–H groups in total. The van der Waals surface area contributed by atoms with Gasteiger partial charge in [0.05, 0.1) is 31.2 Å². The number of aromatic nitrogens is 4. The molecule has 2 aromatic rings. The van der Waals surface area contributed by atoms with Gasteiger partial charge in [0.15, 0.2) is 0 Å². The Morgan fingerprint density at radius 3 is 2.82 bits per heavy atom. The van der Waals surface area contributed by atoms with Crippen LogP contribution >= 0.6 is 0 Å². The van der Waals surface area contributed by atoms with E-state index in [2.05, 4.69) is 30.2 Å². The Hall–Kier alpha value is -2.28. The molecule has 3 rings (SSSR count). The highest BCUT2D eigenvalue weighted by Gasteiger charge is 2.27. The first-order chi connectivity index (χ1) is 10.8. The van der Waals surface area contributed by atoms with Crippen molar-refractivity contribution in [2.24, 2.45) is 0 Å². The van der Waals surface area contributed by atoms with Crippen LogP contribution in [0.3, 0.4) is 0 Å². The van der Waals surface area contributed by atoms with E-state index in [4.69, 9.17) is 4.74 Å². The van der Waals surface area contributed by atoms with Gasteiger partial charge in [0.2, 0.25) is 0 Å². The summed E-state index contributed by atoms with van der Waals surface area (Å²) >= 11 is 0. The van der Waals surface area contributed by atoms with Crippen LogP contribution in [0.5, 0.6) is 6.01 Å². The molecule has 0 bridgehead atoms. The van der Waals surface area contributed by atoms with Gasteiger partial charge >= 0.3 is 6.01 Å². The molecule has 1 unspecified atom stereocenters. The standard InChI is InChI=1S/C15H20N6O/c1-16-14-9-17-8-12(20-14)13-4-3-5-21(13)10-11-6-18-15(22-2)19-7-11/h6-9,13H,3-5,10H2,1-2H3,(H,16,20). The van der Waals surface area contributed by atoms with Crippen molar-refractivity contribution in [3.63, 3.8) is 0 Å². The number of nitrogens with one attached hydrogen (secondary N) is 1. The molecule has 2 aromatic heterocycles. The van der Waals surface area contributed by atoms with Crippen LogP contribution in [0, 0.1) is 0 Å². The van der Waals surface area contributed by atoms with E-state index in [1.807, 2.05) is 25.6 Å². The van der Waals surface area contributed by atoms with Crippen molar-refractivity contribution in [1.29, 1.82) is 0 Å². The highest BCUT2D eigenvalue weighted by Crippen LogP contribution is 2.32. The maximum absolute atomic E-state index is 4.99. The summed E-state index contributed by atoms with van der Waals surface area (Å²) in [6.07, 6.45) is 9.48. The quantitative estimate of drug-likeness (QED) is 0.899. The Morgan fingerprint density at radius 2 is 2.09 bits per heavy atom. The lowest BCUT2D eigenvalue weighted by Crippen LogP contribution is -2.24. The zero-order chi connectivity index (χ0) is 15.4. The number of hydrogen-bond acceptors (Lipinski definition) is 7. The molecule has 0 spiro atoms. The SMILES string of the molecule is CNc1cncc(C2CCCN2Cc2cnc(OC)nc2)n1. The second-order valence-electron chi connectivity index (χ2n) is 5.29. The van der Waals surface area contributed by atoms with E-state index in [1.165, 1.54) is 0 Å². The molecule has 0 aromatic carbocycles. The minimum atomic E-state index is 0.294. The summed E-state index contributed by atoms with van der Waals surface area (Å²) < 4.78 is 4.99. The van der Waals surface area contributed by atoms with Crippen molar-refractivity contribution in [3.8, 4) is 6.01 Å². The van der Waals surface area contributed by atoms with E-state index >= 15 is 0 Å². The lowest BCUT2D eigenvalue weighted by atomic mass is 10.1. The van der Waals surface area contributed by atoms with Crippen molar-refractivity contribution in [3.05, 3.63) is 36.0 Å². The molecule has 1 atom stereocenters. The maximum atomic E-state index is 4.99. The molecule has 1 fully saturated rings. The molecule has 3 heterocycles. The lowest BCUT2D eigenvalue weighted by Gasteiger charge is -2.23. The normalized spacial score (nSPS) is 18.4. The molecular formula is C15H20N6O. The van der Waals surface area contributed by atoms with E-state index in [0.29, 0.717) is 12.1 Å². The second kappa shape index (κ2) is 6.65. The van der Waals surface area contributed by atoms with Gasteiger partial charge in [0.25, 0.3) is 0 Å². The number of rotatable bonds is 5. The molecule has 7 heteroatoms. The van der Waals surface area contributed by atoms with Crippen LogP contribution in [-0.4, -0.2) is 45.5 Å². The zero-order valence-electron chi connectivity index (χ0n) is 12.9. The Bertz CT molecular complexity index is 618. The molecule has 22 heavy (non-hydrogen) atoms. The van der Waals surface area contributed by atoms with Crippen LogP contribution < -0.4 is 10.1 Å². The van der Waals surface area contributed by atoms with Gasteiger partial charge in [0, 0.05) is 31.5 Å². The van der Waals surface area contributed by atoms with Gasteiger partial charge in [-0.15, -0.1) is 0 Å². The average Bonchev–Trinajstić information content (AvgIpc) is 3.04. The third-order valence-electron chi connectivity index (χ3n) is 3.86. The highest BCUT2D eigenvalue weighted by atomic mass is 16.5. The van der Waals surface area contributed by atoms with Crippen molar-refractivity contribution >= 4 is 5.82 Å². The fraction of sp³-hybridized carbons (Fsp3) is 0.467. The largest absolute Gasteiger partial charge is 0.467 e. The molecule has 1 saturated heterocycles. The molecule has 7 nitrogen and oxygen atoms in total. The monoisotopic (exact) mass is 300 g/mol.